The summed E-state index contributed by atoms with van der Waals surface area (Å²) in [5.74, 6) is -0.377. The zero-order chi connectivity index (χ0) is 11.7. The minimum Gasteiger partial charge on any atom is -0.370 e. The average molecular weight is 236 g/mol. The molecule has 2 rings (SSSR count). The van der Waals surface area contributed by atoms with Gasteiger partial charge in [-0.2, -0.15) is 0 Å². The Hall–Kier alpha value is -1.62. The number of hydrogen-bond acceptors (Lipinski definition) is 5. The normalized spacial score (nSPS) is 17.6. The third kappa shape index (κ3) is 1.99. The van der Waals surface area contributed by atoms with Crippen LogP contribution in [-0.2, 0) is 9.63 Å². The molecule has 0 unspecified atom stereocenters. The zero-order valence-electron chi connectivity index (χ0n) is 9.35. The monoisotopic (exact) mass is 236 g/mol. The van der Waals surface area contributed by atoms with Gasteiger partial charge in [-0.15, -0.1) is 11.3 Å². The number of carbonyl (C=O) groups excluding carboxylic acids is 1. The SMILES string of the molecule is CC1=NOC(=O)/C1=C/c1ccc(N(C)C)s1. The number of carbonyl (C=O) groups is 1. The summed E-state index contributed by atoms with van der Waals surface area (Å²) in [6, 6.07) is 4.00. The Morgan fingerprint density at radius 2 is 2.19 bits per heavy atom. The van der Waals surface area contributed by atoms with E-state index in [1.165, 1.54) is 0 Å². The highest BCUT2D eigenvalue weighted by Crippen LogP contribution is 2.27. The van der Waals surface area contributed by atoms with Crippen LogP contribution in [-0.4, -0.2) is 25.8 Å². The Kier molecular flexibility index (Phi) is 2.78. The van der Waals surface area contributed by atoms with Crippen LogP contribution >= 0.6 is 11.3 Å². The van der Waals surface area contributed by atoms with Gasteiger partial charge in [0.2, 0.25) is 0 Å². The first kappa shape index (κ1) is 10.9. The molecule has 5 heteroatoms. The third-order valence-corrected chi connectivity index (χ3v) is 3.42. The molecule has 0 aromatic carbocycles. The Morgan fingerprint density at radius 1 is 1.44 bits per heavy atom. The van der Waals surface area contributed by atoms with Crippen molar-refractivity contribution in [3.05, 3.63) is 22.6 Å². The molecule has 4 nitrogen and oxygen atoms in total. The lowest BCUT2D eigenvalue weighted by Gasteiger charge is -2.06. The molecule has 0 N–H and O–H groups in total. The zero-order valence-corrected chi connectivity index (χ0v) is 10.2. The van der Waals surface area contributed by atoms with Crippen molar-refractivity contribution in [1.29, 1.82) is 0 Å². The van der Waals surface area contributed by atoms with Crippen LogP contribution in [0.4, 0.5) is 5.00 Å². The summed E-state index contributed by atoms with van der Waals surface area (Å²) in [6.45, 7) is 1.76. The second kappa shape index (κ2) is 4.09. The summed E-state index contributed by atoms with van der Waals surface area (Å²) in [5, 5.41) is 4.78. The molecule has 0 aliphatic carbocycles. The molecule has 0 saturated heterocycles. The number of nitrogens with zero attached hydrogens (tertiary/aromatic N) is 2. The number of rotatable bonds is 2. The molecule has 0 spiro atoms. The van der Waals surface area contributed by atoms with E-state index in [2.05, 4.69) is 9.99 Å². The van der Waals surface area contributed by atoms with Crippen molar-refractivity contribution < 1.29 is 9.63 Å². The molecule has 0 saturated carbocycles. The molecule has 84 valence electrons. The summed E-state index contributed by atoms with van der Waals surface area (Å²) in [6.07, 6.45) is 1.81. The van der Waals surface area contributed by atoms with Gasteiger partial charge in [0, 0.05) is 19.0 Å². The second-order valence-electron chi connectivity index (χ2n) is 3.68. The second-order valence-corrected chi connectivity index (χ2v) is 4.78. The maximum atomic E-state index is 11.3. The maximum Gasteiger partial charge on any atom is 0.367 e. The van der Waals surface area contributed by atoms with Gasteiger partial charge in [-0.1, -0.05) is 5.16 Å². The smallest absolute Gasteiger partial charge is 0.367 e. The lowest BCUT2D eigenvalue weighted by molar-refractivity contribution is -0.136. The Labute approximate surface area is 97.8 Å². The number of oxime groups is 1. The minimum absolute atomic E-state index is 0.377. The molecule has 2 heterocycles. The van der Waals surface area contributed by atoms with Gasteiger partial charge in [-0.05, 0) is 25.1 Å². The summed E-state index contributed by atoms with van der Waals surface area (Å²) >= 11 is 1.62. The van der Waals surface area contributed by atoms with E-state index in [0.717, 1.165) is 9.88 Å². The van der Waals surface area contributed by atoms with Crippen LogP contribution in [0, 0.1) is 0 Å². The maximum absolute atomic E-state index is 11.3. The van der Waals surface area contributed by atoms with E-state index < -0.39 is 0 Å². The molecule has 0 atom stereocenters. The highest BCUT2D eigenvalue weighted by Gasteiger charge is 2.21. The summed E-state index contributed by atoms with van der Waals surface area (Å²) in [4.78, 5) is 18.9. The van der Waals surface area contributed by atoms with Crippen LogP contribution < -0.4 is 4.90 Å². The molecule has 16 heavy (non-hydrogen) atoms. The number of thiophene rings is 1. The first-order chi connectivity index (χ1) is 7.58. The first-order valence-electron chi connectivity index (χ1n) is 4.83. The molecule has 1 aromatic rings. The molecule has 0 amide bonds. The third-order valence-electron chi connectivity index (χ3n) is 2.22. The molecule has 0 bridgehead atoms. The van der Waals surface area contributed by atoms with E-state index in [1.807, 2.05) is 37.2 Å². The Morgan fingerprint density at radius 3 is 2.69 bits per heavy atom. The van der Waals surface area contributed by atoms with Crippen molar-refractivity contribution in [3.63, 3.8) is 0 Å². The predicted molar refractivity (Wildman–Crippen MR) is 65.8 cm³/mol. The van der Waals surface area contributed by atoms with E-state index in [1.54, 1.807) is 18.3 Å². The van der Waals surface area contributed by atoms with E-state index in [4.69, 9.17) is 0 Å². The molecule has 1 aromatic heterocycles. The molecule has 0 radical (unpaired) electrons. The fraction of sp³-hybridized carbons (Fsp3) is 0.273. The van der Waals surface area contributed by atoms with Gasteiger partial charge >= 0.3 is 5.97 Å². The first-order valence-corrected chi connectivity index (χ1v) is 5.65. The topological polar surface area (TPSA) is 41.9 Å². The van der Waals surface area contributed by atoms with E-state index >= 15 is 0 Å². The van der Waals surface area contributed by atoms with Crippen molar-refractivity contribution in [2.45, 2.75) is 6.92 Å². The largest absolute Gasteiger partial charge is 0.370 e. The summed E-state index contributed by atoms with van der Waals surface area (Å²) in [7, 11) is 3.97. The van der Waals surface area contributed by atoms with Crippen LogP contribution in [0.25, 0.3) is 6.08 Å². The molecule has 1 aliphatic rings. The highest BCUT2D eigenvalue weighted by molar-refractivity contribution is 7.17. The molecular formula is C11H12N2O2S. The quantitative estimate of drug-likeness (QED) is 0.583. The van der Waals surface area contributed by atoms with E-state index in [0.29, 0.717) is 11.3 Å². The summed E-state index contributed by atoms with van der Waals surface area (Å²) in [5.41, 5.74) is 1.16. The molecular weight excluding hydrogens is 224 g/mol. The van der Waals surface area contributed by atoms with Gasteiger partial charge in [-0.25, -0.2) is 4.79 Å². The average Bonchev–Trinajstić information content (AvgIpc) is 2.80. The molecule has 0 fully saturated rings. The fourth-order valence-electron chi connectivity index (χ4n) is 1.32. The van der Waals surface area contributed by atoms with Crippen LogP contribution in [0.1, 0.15) is 11.8 Å². The van der Waals surface area contributed by atoms with Crippen molar-refractivity contribution in [2.75, 3.05) is 19.0 Å². The van der Waals surface area contributed by atoms with E-state index in [9.17, 15) is 4.79 Å². The van der Waals surface area contributed by atoms with Crippen molar-refractivity contribution >= 4 is 34.1 Å². The standard InChI is InChI=1S/C11H12N2O2S/c1-7-9(11(14)15-12-7)6-8-4-5-10(16-8)13(2)3/h4-6H,1-3H3/b9-6+. The fourth-order valence-corrected chi connectivity index (χ4v) is 2.19. The van der Waals surface area contributed by atoms with Gasteiger partial charge in [0.25, 0.3) is 0 Å². The van der Waals surface area contributed by atoms with Crippen LogP contribution in [0.15, 0.2) is 22.9 Å². The number of anilines is 1. The van der Waals surface area contributed by atoms with Crippen molar-refractivity contribution in [2.24, 2.45) is 5.16 Å². The molecule has 1 aliphatic heterocycles. The summed E-state index contributed by atoms with van der Waals surface area (Å²) < 4.78 is 0. The van der Waals surface area contributed by atoms with Gasteiger partial charge in [-0.3, -0.25) is 0 Å². The van der Waals surface area contributed by atoms with E-state index in [-0.39, 0.29) is 5.97 Å². The van der Waals surface area contributed by atoms with Gasteiger partial charge < -0.3 is 9.74 Å². The van der Waals surface area contributed by atoms with Gasteiger partial charge in [0.1, 0.15) is 0 Å². The van der Waals surface area contributed by atoms with Gasteiger partial charge in [0.05, 0.1) is 16.3 Å². The Bertz CT molecular complexity index is 486. The van der Waals surface area contributed by atoms with Crippen LogP contribution in [0.2, 0.25) is 0 Å². The lowest BCUT2D eigenvalue weighted by atomic mass is 10.1. The van der Waals surface area contributed by atoms with Crippen molar-refractivity contribution in [1.82, 2.24) is 0 Å². The predicted octanol–water partition coefficient (Wildman–Crippen LogP) is 2.13. The minimum atomic E-state index is -0.377. The highest BCUT2D eigenvalue weighted by atomic mass is 32.1. The Balaban J connectivity index is 2.29. The lowest BCUT2D eigenvalue weighted by Crippen LogP contribution is -2.05. The number of hydrogen-bond donors (Lipinski definition) is 0. The van der Waals surface area contributed by atoms with Crippen LogP contribution in [0.3, 0.4) is 0 Å². The van der Waals surface area contributed by atoms with Gasteiger partial charge in [0.15, 0.2) is 0 Å². The van der Waals surface area contributed by atoms with Crippen molar-refractivity contribution in [3.8, 4) is 0 Å². The van der Waals surface area contributed by atoms with Crippen LogP contribution in [0.5, 0.6) is 0 Å².